The minimum absolute atomic E-state index is 0.285. The number of nitrogens with two attached hydrogens (primary N) is 2. The second-order valence-electron chi connectivity index (χ2n) is 4.58. The number of rotatable bonds is 2. The van der Waals surface area contributed by atoms with E-state index in [4.69, 9.17) is 34.7 Å². The first-order valence-corrected chi connectivity index (χ1v) is 8.22. The zero-order valence-corrected chi connectivity index (χ0v) is 16.4. The van der Waals surface area contributed by atoms with Crippen LogP contribution in [0, 0.1) is 0 Å². The number of nitrogen functional groups attached to an aromatic ring is 2. The van der Waals surface area contributed by atoms with E-state index >= 15 is 0 Å². The molecule has 2 aromatic carbocycles. The van der Waals surface area contributed by atoms with Crippen LogP contribution in [0.5, 0.6) is 0 Å². The summed E-state index contributed by atoms with van der Waals surface area (Å²) >= 11 is 14.7. The van der Waals surface area contributed by atoms with Crippen LogP contribution >= 0.6 is 39.1 Å². The van der Waals surface area contributed by atoms with E-state index in [1.807, 2.05) is 0 Å². The summed E-state index contributed by atoms with van der Waals surface area (Å²) in [7, 11) is 2.60. The molecule has 0 radical (unpaired) electrons. The van der Waals surface area contributed by atoms with Crippen LogP contribution < -0.4 is 11.5 Å². The maximum absolute atomic E-state index is 11.1. The summed E-state index contributed by atoms with van der Waals surface area (Å²) in [6.07, 6.45) is 0. The Labute approximate surface area is 163 Å². The van der Waals surface area contributed by atoms with Crippen molar-refractivity contribution >= 4 is 62.4 Å². The van der Waals surface area contributed by atoms with Crippen LogP contribution in [0.2, 0.25) is 10.0 Å². The molecule has 2 aromatic rings. The monoisotopic (exact) mass is 448 g/mol. The van der Waals surface area contributed by atoms with E-state index in [0.29, 0.717) is 32.0 Å². The van der Waals surface area contributed by atoms with Crippen molar-refractivity contribution in [3.63, 3.8) is 0 Å². The molecule has 0 aliphatic carbocycles. The quantitative estimate of drug-likeness (QED) is 0.526. The first kappa shape index (κ1) is 21.1. The number of esters is 2. The normalized spacial score (nSPS) is 9.64. The minimum atomic E-state index is -0.481. The van der Waals surface area contributed by atoms with Crippen molar-refractivity contribution in [1.82, 2.24) is 0 Å². The van der Waals surface area contributed by atoms with Crippen molar-refractivity contribution in [3.05, 3.63) is 56.0 Å². The van der Waals surface area contributed by atoms with Crippen LogP contribution in [0.25, 0.3) is 0 Å². The molecule has 9 heteroatoms. The van der Waals surface area contributed by atoms with Crippen molar-refractivity contribution in [2.75, 3.05) is 25.7 Å². The number of anilines is 2. The third kappa shape index (κ3) is 5.81. The summed E-state index contributed by atoms with van der Waals surface area (Å²) in [5.41, 5.74) is 12.6. The van der Waals surface area contributed by atoms with Gasteiger partial charge in [-0.15, -0.1) is 0 Å². The van der Waals surface area contributed by atoms with E-state index in [2.05, 4.69) is 25.4 Å². The van der Waals surface area contributed by atoms with E-state index in [1.54, 1.807) is 6.07 Å². The number of carbonyl (C=O) groups excluding carboxylic acids is 2. The standard InChI is InChI=1S/C8H7BrClNO2.C8H8ClNO2/c1-13-8(12)4-2-5(9)7(11)3-6(4)10;1-12-8(11)6-3-2-5(10)4-7(6)9/h2-3H,11H2,1H3;2-4H,10H2,1H3. The van der Waals surface area contributed by atoms with E-state index in [0.717, 1.165) is 0 Å². The summed E-state index contributed by atoms with van der Waals surface area (Å²) in [5.74, 6) is -0.939. The molecule has 0 aromatic heterocycles. The SMILES string of the molecule is COC(=O)c1cc(Br)c(N)cc1Cl.COC(=O)c1ccc(N)cc1Cl. The summed E-state index contributed by atoms with van der Waals surface area (Å²) in [5, 5.41) is 0.592. The molecule has 0 aliphatic rings. The van der Waals surface area contributed by atoms with Crippen LogP contribution in [-0.2, 0) is 9.47 Å². The maximum atomic E-state index is 11.1. The molecular formula is C16H15BrCl2N2O4. The Morgan fingerprint density at radius 1 is 0.920 bits per heavy atom. The molecule has 0 amide bonds. The summed E-state index contributed by atoms with van der Waals surface area (Å²) in [4.78, 5) is 22.1. The molecule has 4 N–H and O–H groups in total. The molecule has 0 spiro atoms. The second kappa shape index (κ2) is 9.50. The number of ether oxygens (including phenoxy) is 2. The lowest BCUT2D eigenvalue weighted by molar-refractivity contribution is 0.0592. The zero-order valence-electron chi connectivity index (χ0n) is 13.3. The van der Waals surface area contributed by atoms with Crippen LogP contribution in [0.15, 0.2) is 34.8 Å². The third-order valence-electron chi connectivity index (χ3n) is 2.89. The topological polar surface area (TPSA) is 105 Å². The Morgan fingerprint density at radius 3 is 1.96 bits per heavy atom. The average Bonchev–Trinajstić information content (AvgIpc) is 2.57. The lowest BCUT2D eigenvalue weighted by Gasteiger charge is -2.04. The van der Waals surface area contributed by atoms with Crippen LogP contribution in [0.1, 0.15) is 20.7 Å². The van der Waals surface area contributed by atoms with E-state index < -0.39 is 11.9 Å². The van der Waals surface area contributed by atoms with Crippen LogP contribution in [0.4, 0.5) is 11.4 Å². The number of methoxy groups -OCH3 is 2. The molecule has 0 bridgehead atoms. The van der Waals surface area contributed by atoms with Gasteiger partial charge in [-0.1, -0.05) is 23.2 Å². The summed E-state index contributed by atoms with van der Waals surface area (Å²) in [6, 6.07) is 7.66. The first-order valence-electron chi connectivity index (χ1n) is 6.67. The Hall–Kier alpha value is -1.96. The van der Waals surface area contributed by atoms with Crippen LogP contribution in [-0.4, -0.2) is 26.2 Å². The molecule has 0 saturated carbocycles. The minimum Gasteiger partial charge on any atom is -0.465 e. The van der Waals surface area contributed by atoms with Gasteiger partial charge in [0.05, 0.1) is 35.4 Å². The number of halogens is 3. The van der Waals surface area contributed by atoms with Gasteiger partial charge in [0.25, 0.3) is 0 Å². The predicted molar refractivity (Wildman–Crippen MR) is 102 cm³/mol. The third-order valence-corrected chi connectivity index (χ3v) is 4.20. The van der Waals surface area contributed by atoms with Crippen LogP contribution in [0.3, 0.4) is 0 Å². The lowest BCUT2D eigenvalue weighted by atomic mass is 10.2. The average molecular weight is 450 g/mol. The Bertz CT molecular complexity index is 800. The molecule has 0 aliphatic heterocycles. The van der Waals surface area contributed by atoms with Gasteiger partial charge in [0.2, 0.25) is 0 Å². The van der Waals surface area contributed by atoms with Gasteiger partial charge in [0.15, 0.2) is 0 Å². The van der Waals surface area contributed by atoms with Gasteiger partial charge in [0.1, 0.15) is 0 Å². The molecule has 0 saturated heterocycles. The number of carbonyl (C=O) groups is 2. The van der Waals surface area contributed by atoms with Crippen molar-refractivity contribution in [1.29, 1.82) is 0 Å². The molecule has 0 atom stereocenters. The van der Waals surface area contributed by atoms with Gasteiger partial charge in [-0.05, 0) is 46.3 Å². The van der Waals surface area contributed by atoms with Crippen molar-refractivity contribution < 1.29 is 19.1 Å². The van der Waals surface area contributed by atoms with Gasteiger partial charge >= 0.3 is 11.9 Å². The molecular weight excluding hydrogens is 435 g/mol. The fraction of sp³-hybridized carbons (Fsp3) is 0.125. The van der Waals surface area contributed by atoms with Crippen molar-refractivity contribution in [2.45, 2.75) is 0 Å². The van der Waals surface area contributed by atoms with Gasteiger partial charge in [0, 0.05) is 15.8 Å². The molecule has 0 heterocycles. The predicted octanol–water partition coefficient (Wildman–Crippen LogP) is 4.18. The molecule has 25 heavy (non-hydrogen) atoms. The summed E-state index contributed by atoms with van der Waals surface area (Å²) < 4.78 is 9.64. The Kier molecular flexibility index (Phi) is 8.02. The highest BCUT2D eigenvalue weighted by atomic mass is 79.9. The highest BCUT2D eigenvalue weighted by molar-refractivity contribution is 9.10. The Morgan fingerprint density at radius 2 is 1.44 bits per heavy atom. The van der Waals surface area contributed by atoms with Gasteiger partial charge < -0.3 is 20.9 Å². The Balaban J connectivity index is 0.000000251. The van der Waals surface area contributed by atoms with Crippen molar-refractivity contribution in [2.24, 2.45) is 0 Å². The fourth-order valence-electron chi connectivity index (χ4n) is 1.64. The van der Waals surface area contributed by atoms with E-state index in [1.165, 1.54) is 38.5 Å². The fourth-order valence-corrected chi connectivity index (χ4v) is 2.49. The summed E-state index contributed by atoms with van der Waals surface area (Å²) in [6.45, 7) is 0. The van der Waals surface area contributed by atoms with Gasteiger partial charge in [-0.2, -0.15) is 0 Å². The highest BCUT2D eigenvalue weighted by Gasteiger charge is 2.12. The molecule has 6 nitrogen and oxygen atoms in total. The lowest BCUT2D eigenvalue weighted by Crippen LogP contribution is -2.03. The largest absolute Gasteiger partial charge is 0.465 e. The smallest absolute Gasteiger partial charge is 0.339 e. The number of benzene rings is 2. The highest BCUT2D eigenvalue weighted by Crippen LogP contribution is 2.27. The zero-order chi connectivity index (χ0) is 19.1. The number of hydrogen-bond acceptors (Lipinski definition) is 6. The maximum Gasteiger partial charge on any atom is 0.339 e. The molecule has 2 rings (SSSR count). The van der Waals surface area contributed by atoms with Gasteiger partial charge in [-0.3, -0.25) is 0 Å². The van der Waals surface area contributed by atoms with Crippen molar-refractivity contribution in [3.8, 4) is 0 Å². The second-order valence-corrected chi connectivity index (χ2v) is 6.24. The molecule has 134 valence electrons. The van der Waals surface area contributed by atoms with Gasteiger partial charge in [-0.25, -0.2) is 9.59 Å². The van der Waals surface area contributed by atoms with E-state index in [9.17, 15) is 9.59 Å². The number of hydrogen-bond donors (Lipinski definition) is 2. The first-order chi connectivity index (χ1) is 11.7. The molecule has 0 fully saturated rings. The van der Waals surface area contributed by atoms with E-state index in [-0.39, 0.29) is 5.02 Å². The molecule has 0 unspecified atom stereocenters.